The number of pyridine rings is 1. The van der Waals surface area contributed by atoms with Gasteiger partial charge in [-0.1, -0.05) is 31.2 Å². The summed E-state index contributed by atoms with van der Waals surface area (Å²) in [6, 6.07) is 16.1. The second-order valence-electron chi connectivity index (χ2n) is 8.61. The van der Waals surface area contributed by atoms with Gasteiger partial charge in [-0.25, -0.2) is 0 Å². The Morgan fingerprint density at radius 2 is 1.88 bits per heavy atom. The van der Waals surface area contributed by atoms with Crippen LogP contribution in [0.4, 0.5) is 18.9 Å². The third-order valence-electron chi connectivity index (χ3n) is 6.57. The molecule has 0 aliphatic carbocycles. The van der Waals surface area contributed by atoms with Gasteiger partial charge in [-0.3, -0.25) is 4.98 Å². The zero-order valence-corrected chi connectivity index (χ0v) is 18.2. The summed E-state index contributed by atoms with van der Waals surface area (Å²) in [6.07, 6.45) is -4.38. The number of hydrogen-bond acceptors (Lipinski definition) is 4. The molecule has 0 radical (unpaired) electrons. The van der Waals surface area contributed by atoms with Crippen LogP contribution in [0.3, 0.4) is 0 Å². The molecule has 0 saturated heterocycles. The quantitative estimate of drug-likeness (QED) is 0.507. The van der Waals surface area contributed by atoms with Gasteiger partial charge in [0.2, 0.25) is 0 Å². The zero-order chi connectivity index (χ0) is 23.0. The monoisotopic (exact) mass is 444 g/mol. The molecule has 2 unspecified atom stereocenters. The molecule has 1 aromatic heterocycles. The van der Waals surface area contributed by atoms with Crippen molar-refractivity contribution < 1.29 is 23.0 Å². The van der Waals surface area contributed by atoms with Crippen molar-refractivity contribution >= 4 is 16.6 Å². The predicted octanol–water partition coefficient (Wildman–Crippen LogP) is 5.77. The number of rotatable bonds is 6. The van der Waals surface area contributed by atoms with Crippen molar-refractivity contribution in [3.05, 3.63) is 65.9 Å². The van der Waals surface area contributed by atoms with E-state index in [1.165, 1.54) is 0 Å². The molecule has 7 heteroatoms. The number of para-hydroxylation sites is 1. The molecular formula is C25H27F3N2O2. The van der Waals surface area contributed by atoms with Crippen LogP contribution in [-0.2, 0) is 5.41 Å². The number of halogens is 3. The number of benzene rings is 2. The Hall–Kier alpha value is -2.80. The molecule has 2 aromatic carbocycles. The molecule has 2 heterocycles. The van der Waals surface area contributed by atoms with Crippen LogP contribution in [0.5, 0.6) is 5.75 Å². The van der Waals surface area contributed by atoms with Gasteiger partial charge in [0.15, 0.2) is 5.60 Å². The average molecular weight is 444 g/mol. The van der Waals surface area contributed by atoms with E-state index in [0.717, 1.165) is 11.3 Å². The standard InChI is InChI=1S/C25H27F3N2O2/c1-3-23(13-14-32-22-10-5-4-7-19(22)23)15-24(31,25(26,27)28)16-29-20-8-6-9-21-18(20)12-11-17(2)30-21/h4-12,29,31H,3,13-16H2,1-2H3. The van der Waals surface area contributed by atoms with E-state index in [4.69, 9.17) is 4.74 Å². The Kier molecular flexibility index (Phi) is 5.79. The Labute approximate surface area is 185 Å². The van der Waals surface area contributed by atoms with E-state index < -0.39 is 30.2 Å². The van der Waals surface area contributed by atoms with Crippen LogP contribution >= 0.6 is 0 Å². The van der Waals surface area contributed by atoms with Gasteiger partial charge in [-0.2, -0.15) is 13.2 Å². The lowest BCUT2D eigenvalue weighted by atomic mass is 9.67. The van der Waals surface area contributed by atoms with E-state index in [2.05, 4.69) is 10.3 Å². The van der Waals surface area contributed by atoms with Gasteiger partial charge < -0.3 is 15.2 Å². The summed E-state index contributed by atoms with van der Waals surface area (Å²) in [5.74, 6) is 0.591. The predicted molar refractivity (Wildman–Crippen MR) is 119 cm³/mol. The van der Waals surface area contributed by atoms with Gasteiger partial charge in [-0.15, -0.1) is 0 Å². The number of fused-ring (bicyclic) bond motifs is 2. The molecule has 3 aromatic rings. The number of anilines is 1. The Bertz CT molecular complexity index is 1120. The maximum Gasteiger partial charge on any atom is 0.418 e. The van der Waals surface area contributed by atoms with Crippen LogP contribution in [0.1, 0.15) is 37.4 Å². The van der Waals surface area contributed by atoms with Crippen molar-refractivity contribution in [2.45, 2.75) is 50.3 Å². The fourth-order valence-electron chi connectivity index (χ4n) is 4.67. The molecule has 0 fully saturated rings. The minimum atomic E-state index is -4.81. The van der Waals surface area contributed by atoms with E-state index in [-0.39, 0.29) is 0 Å². The number of ether oxygens (including phenoxy) is 1. The molecule has 32 heavy (non-hydrogen) atoms. The molecule has 0 amide bonds. The van der Waals surface area contributed by atoms with Crippen molar-refractivity contribution in [1.29, 1.82) is 0 Å². The minimum Gasteiger partial charge on any atom is -0.493 e. The molecule has 2 atom stereocenters. The largest absolute Gasteiger partial charge is 0.493 e. The summed E-state index contributed by atoms with van der Waals surface area (Å²) in [4.78, 5) is 4.43. The zero-order valence-electron chi connectivity index (χ0n) is 18.2. The summed E-state index contributed by atoms with van der Waals surface area (Å²) in [5.41, 5.74) is -1.01. The number of alkyl halides is 3. The molecule has 0 spiro atoms. The minimum absolute atomic E-state index is 0.320. The van der Waals surface area contributed by atoms with Crippen molar-refractivity contribution in [3.63, 3.8) is 0 Å². The second kappa shape index (κ2) is 8.28. The molecule has 2 N–H and O–H groups in total. The highest BCUT2D eigenvalue weighted by Gasteiger charge is 2.57. The van der Waals surface area contributed by atoms with Gasteiger partial charge in [0.05, 0.1) is 18.7 Å². The molecule has 1 aliphatic rings. The maximum atomic E-state index is 14.3. The first-order chi connectivity index (χ1) is 15.2. The third-order valence-corrected chi connectivity index (χ3v) is 6.57. The highest BCUT2D eigenvalue weighted by Crippen LogP contribution is 2.49. The fraction of sp³-hybridized carbons (Fsp3) is 0.400. The average Bonchev–Trinajstić information content (AvgIpc) is 2.77. The summed E-state index contributed by atoms with van der Waals surface area (Å²) in [6.45, 7) is 3.39. The molecular weight excluding hydrogens is 417 g/mol. The van der Waals surface area contributed by atoms with Gasteiger partial charge in [0.25, 0.3) is 0 Å². The third kappa shape index (κ3) is 4.01. The molecule has 0 bridgehead atoms. The number of aromatic nitrogens is 1. The molecule has 4 rings (SSSR count). The molecule has 170 valence electrons. The highest BCUT2D eigenvalue weighted by atomic mass is 19.4. The number of hydrogen-bond donors (Lipinski definition) is 2. The van der Waals surface area contributed by atoms with Crippen LogP contribution in [0.2, 0.25) is 0 Å². The maximum absolute atomic E-state index is 14.3. The summed E-state index contributed by atoms with van der Waals surface area (Å²) >= 11 is 0. The van der Waals surface area contributed by atoms with E-state index in [0.29, 0.717) is 41.8 Å². The lowest BCUT2D eigenvalue weighted by Crippen LogP contribution is -2.55. The highest BCUT2D eigenvalue weighted by molar-refractivity contribution is 5.91. The lowest BCUT2D eigenvalue weighted by molar-refractivity contribution is -0.262. The van der Waals surface area contributed by atoms with E-state index in [1.807, 2.05) is 32.0 Å². The van der Waals surface area contributed by atoms with Crippen LogP contribution in [0.25, 0.3) is 10.9 Å². The first kappa shape index (κ1) is 22.4. The first-order valence-corrected chi connectivity index (χ1v) is 10.8. The lowest BCUT2D eigenvalue weighted by Gasteiger charge is -2.44. The van der Waals surface area contributed by atoms with E-state index in [9.17, 15) is 18.3 Å². The normalized spacial score (nSPS) is 20.3. The second-order valence-corrected chi connectivity index (χ2v) is 8.61. The molecule has 4 nitrogen and oxygen atoms in total. The van der Waals surface area contributed by atoms with Crippen molar-refractivity contribution in [2.24, 2.45) is 0 Å². The smallest absolute Gasteiger partial charge is 0.418 e. The number of aliphatic hydroxyl groups is 1. The fourth-order valence-corrected chi connectivity index (χ4v) is 4.67. The first-order valence-electron chi connectivity index (χ1n) is 10.8. The van der Waals surface area contributed by atoms with Crippen LogP contribution < -0.4 is 10.1 Å². The summed E-state index contributed by atoms with van der Waals surface area (Å²) < 4.78 is 48.5. The van der Waals surface area contributed by atoms with Crippen LogP contribution in [0.15, 0.2) is 54.6 Å². The van der Waals surface area contributed by atoms with Gasteiger partial charge in [0.1, 0.15) is 5.75 Å². The van der Waals surface area contributed by atoms with Crippen LogP contribution in [-0.4, -0.2) is 35.0 Å². The summed E-state index contributed by atoms with van der Waals surface area (Å²) in [7, 11) is 0. The SMILES string of the molecule is CCC1(CC(O)(CNc2cccc3nc(C)ccc23)C(F)(F)F)CCOc2ccccc21. The van der Waals surface area contributed by atoms with Gasteiger partial charge >= 0.3 is 6.18 Å². The molecule has 1 aliphatic heterocycles. The summed E-state index contributed by atoms with van der Waals surface area (Å²) in [5, 5.41) is 14.6. The number of nitrogens with zero attached hydrogens (tertiary/aromatic N) is 1. The van der Waals surface area contributed by atoms with Gasteiger partial charge in [-0.05, 0) is 56.5 Å². The Morgan fingerprint density at radius 1 is 1.09 bits per heavy atom. The Morgan fingerprint density at radius 3 is 2.62 bits per heavy atom. The number of aryl methyl sites for hydroxylation is 1. The van der Waals surface area contributed by atoms with Crippen molar-refractivity contribution in [1.82, 2.24) is 4.98 Å². The van der Waals surface area contributed by atoms with Gasteiger partial charge in [0, 0.05) is 27.7 Å². The van der Waals surface area contributed by atoms with Crippen molar-refractivity contribution in [3.8, 4) is 5.75 Å². The van der Waals surface area contributed by atoms with Crippen molar-refractivity contribution in [2.75, 3.05) is 18.5 Å². The topological polar surface area (TPSA) is 54.4 Å². The number of nitrogens with one attached hydrogen (secondary N) is 1. The van der Waals surface area contributed by atoms with E-state index in [1.54, 1.807) is 36.4 Å². The molecule has 0 saturated carbocycles. The Balaban J connectivity index is 1.67. The van der Waals surface area contributed by atoms with E-state index >= 15 is 0 Å². The van der Waals surface area contributed by atoms with Crippen LogP contribution in [0, 0.1) is 6.92 Å².